The monoisotopic (exact) mass is 364 g/mol. The highest BCUT2D eigenvalue weighted by Crippen LogP contribution is 2.51. The highest BCUT2D eigenvalue weighted by molar-refractivity contribution is 5.95. The molecule has 0 N–H and O–H groups in total. The molecule has 0 heteroatoms. The van der Waals surface area contributed by atoms with Crippen LogP contribution in [0.15, 0.2) is 84.9 Å². The van der Waals surface area contributed by atoms with Gasteiger partial charge in [0.15, 0.2) is 0 Å². The van der Waals surface area contributed by atoms with Crippen LogP contribution >= 0.6 is 0 Å². The minimum absolute atomic E-state index is 0.0544. The summed E-state index contributed by atoms with van der Waals surface area (Å²) in [4.78, 5) is 0. The van der Waals surface area contributed by atoms with Crippen molar-refractivity contribution in [3.63, 3.8) is 0 Å². The number of hydrogen-bond acceptors (Lipinski definition) is 0. The highest BCUT2D eigenvalue weighted by atomic mass is 14.4. The molecule has 0 heterocycles. The summed E-state index contributed by atoms with van der Waals surface area (Å²) in [5.41, 5.74) is 8.32. The van der Waals surface area contributed by atoms with Gasteiger partial charge in [0.2, 0.25) is 0 Å². The van der Waals surface area contributed by atoms with E-state index in [9.17, 15) is 0 Å². The van der Waals surface area contributed by atoms with E-state index < -0.39 is 0 Å². The van der Waals surface area contributed by atoms with Crippen LogP contribution in [-0.4, -0.2) is 0 Å². The predicted octanol–water partition coefficient (Wildman–Crippen LogP) is 8.23. The zero-order valence-corrected chi connectivity index (χ0v) is 17.3. The maximum Gasteiger partial charge on any atom is 0.0159 e. The van der Waals surface area contributed by atoms with Crippen molar-refractivity contribution in [2.75, 3.05) is 0 Å². The summed E-state index contributed by atoms with van der Waals surface area (Å²) < 4.78 is 0. The number of rotatable bonds is 1. The molecule has 0 saturated carbocycles. The Balaban J connectivity index is 0.000000604. The van der Waals surface area contributed by atoms with Crippen LogP contribution in [0, 0.1) is 0 Å². The number of hydrogen-bond donors (Lipinski definition) is 0. The van der Waals surface area contributed by atoms with Crippen LogP contribution in [0.1, 0.15) is 45.2 Å². The smallest absolute Gasteiger partial charge is 0.0159 e. The Hall–Kier alpha value is -2.86. The fourth-order valence-electron chi connectivity index (χ4n) is 4.35. The molecular formula is C28H28. The summed E-state index contributed by atoms with van der Waals surface area (Å²) >= 11 is 0. The first-order valence-electron chi connectivity index (χ1n) is 10.3. The lowest BCUT2D eigenvalue weighted by molar-refractivity contribution is 0.660. The zero-order chi connectivity index (χ0) is 19.7. The number of benzene rings is 4. The van der Waals surface area contributed by atoms with E-state index in [0.29, 0.717) is 0 Å². The summed E-state index contributed by atoms with van der Waals surface area (Å²) in [7, 11) is 0. The van der Waals surface area contributed by atoms with Crippen LogP contribution in [-0.2, 0) is 5.41 Å². The van der Waals surface area contributed by atoms with Gasteiger partial charge in [-0.15, -0.1) is 0 Å². The van der Waals surface area contributed by atoms with Gasteiger partial charge in [0, 0.05) is 5.41 Å². The second-order valence-electron chi connectivity index (χ2n) is 8.17. The van der Waals surface area contributed by atoms with Gasteiger partial charge in [-0.25, -0.2) is 0 Å². The summed E-state index contributed by atoms with van der Waals surface area (Å²) in [5, 5.41) is 2.59. The second kappa shape index (κ2) is 7.28. The molecule has 0 bridgehead atoms. The van der Waals surface area contributed by atoms with Crippen molar-refractivity contribution in [1.29, 1.82) is 0 Å². The van der Waals surface area contributed by atoms with Gasteiger partial charge >= 0.3 is 0 Å². The molecule has 0 unspecified atom stereocenters. The van der Waals surface area contributed by atoms with Gasteiger partial charge in [-0.2, -0.15) is 0 Å². The molecule has 0 saturated heterocycles. The predicted molar refractivity (Wildman–Crippen MR) is 123 cm³/mol. The topological polar surface area (TPSA) is 0 Å². The maximum atomic E-state index is 2.34. The van der Waals surface area contributed by atoms with Gasteiger partial charge in [-0.3, -0.25) is 0 Å². The second-order valence-corrected chi connectivity index (χ2v) is 8.17. The molecule has 1 aliphatic carbocycles. The summed E-state index contributed by atoms with van der Waals surface area (Å²) in [6.45, 7) is 8.92. The first kappa shape index (κ1) is 18.5. The molecule has 0 aliphatic heterocycles. The molecule has 0 radical (unpaired) electrons. The van der Waals surface area contributed by atoms with Crippen LogP contribution in [0.5, 0.6) is 0 Å². The van der Waals surface area contributed by atoms with Crippen molar-refractivity contribution in [3.8, 4) is 22.3 Å². The van der Waals surface area contributed by atoms with E-state index in [1.54, 1.807) is 0 Å². The first-order valence-corrected chi connectivity index (χ1v) is 10.3. The lowest BCUT2D eigenvalue weighted by atomic mass is 9.82. The zero-order valence-electron chi connectivity index (χ0n) is 17.3. The fraction of sp³-hybridized carbons (Fsp3) is 0.214. The Morgan fingerprint density at radius 1 is 0.607 bits per heavy atom. The van der Waals surface area contributed by atoms with E-state index in [4.69, 9.17) is 0 Å². The van der Waals surface area contributed by atoms with Crippen LogP contribution in [0.3, 0.4) is 0 Å². The summed E-state index contributed by atoms with van der Waals surface area (Å²) in [6, 6.07) is 31.0. The third-order valence-corrected chi connectivity index (χ3v) is 5.67. The molecule has 5 rings (SSSR count). The quantitative estimate of drug-likeness (QED) is 0.319. The third-order valence-electron chi connectivity index (χ3n) is 5.67. The van der Waals surface area contributed by atoms with Crippen LogP contribution in [0.25, 0.3) is 33.0 Å². The first-order chi connectivity index (χ1) is 13.6. The third kappa shape index (κ3) is 2.94. The van der Waals surface area contributed by atoms with Crippen molar-refractivity contribution in [2.24, 2.45) is 0 Å². The largest absolute Gasteiger partial charge is 0.0656 e. The molecule has 28 heavy (non-hydrogen) atoms. The van der Waals surface area contributed by atoms with E-state index in [0.717, 1.165) is 0 Å². The molecule has 140 valence electrons. The van der Waals surface area contributed by atoms with Gasteiger partial charge in [0.1, 0.15) is 0 Å². The lowest BCUT2D eigenvalue weighted by Gasteiger charge is -2.21. The van der Waals surface area contributed by atoms with Crippen molar-refractivity contribution in [1.82, 2.24) is 0 Å². The minimum atomic E-state index is 0.0544. The Morgan fingerprint density at radius 2 is 1.21 bits per heavy atom. The Kier molecular flexibility index (Phi) is 4.81. The lowest BCUT2D eigenvalue weighted by Crippen LogP contribution is -2.14. The SMILES string of the molecule is CC1(C)c2ccccc2-c2c(-c3ccc4ccccc4c3)cccc21.CCC. The van der Waals surface area contributed by atoms with Gasteiger partial charge in [0.05, 0.1) is 0 Å². The van der Waals surface area contributed by atoms with E-state index in [-0.39, 0.29) is 5.41 Å². The Morgan fingerprint density at radius 3 is 2.00 bits per heavy atom. The van der Waals surface area contributed by atoms with Gasteiger partial charge in [0.25, 0.3) is 0 Å². The standard InChI is InChI=1S/C25H20.C3H8/c1-25(2)22-12-6-5-10-21(22)24-20(11-7-13-23(24)25)19-15-14-17-8-3-4-9-18(17)16-19;1-3-2/h3-16H,1-2H3;3H2,1-2H3. The van der Waals surface area contributed by atoms with E-state index in [2.05, 4.69) is 113 Å². The van der Waals surface area contributed by atoms with Crippen molar-refractivity contribution in [2.45, 2.75) is 39.5 Å². The van der Waals surface area contributed by atoms with Gasteiger partial charge in [-0.1, -0.05) is 113 Å². The Labute approximate surface area is 168 Å². The normalized spacial score (nSPS) is 13.4. The summed E-state index contributed by atoms with van der Waals surface area (Å²) in [5.74, 6) is 0. The average molecular weight is 365 g/mol. The van der Waals surface area contributed by atoms with Gasteiger partial charge in [-0.05, 0) is 50.2 Å². The molecule has 1 aliphatic rings. The van der Waals surface area contributed by atoms with E-state index in [1.807, 2.05) is 0 Å². The van der Waals surface area contributed by atoms with Crippen LogP contribution in [0.4, 0.5) is 0 Å². The molecule has 4 aromatic rings. The van der Waals surface area contributed by atoms with Crippen molar-refractivity contribution in [3.05, 3.63) is 96.1 Å². The van der Waals surface area contributed by atoms with Crippen LogP contribution < -0.4 is 0 Å². The van der Waals surface area contributed by atoms with E-state index in [1.165, 1.54) is 50.6 Å². The van der Waals surface area contributed by atoms with Crippen molar-refractivity contribution < 1.29 is 0 Å². The number of fused-ring (bicyclic) bond motifs is 4. The molecule has 0 nitrogen and oxygen atoms in total. The van der Waals surface area contributed by atoms with E-state index >= 15 is 0 Å². The average Bonchev–Trinajstić information content (AvgIpc) is 2.96. The molecule has 0 amide bonds. The van der Waals surface area contributed by atoms with Crippen LogP contribution in [0.2, 0.25) is 0 Å². The Bertz CT molecular complexity index is 1130. The molecular weight excluding hydrogens is 336 g/mol. The molecule has 0 spiro atoms. The maximum absolute atomic E-state index is 2.34. The highest BCUT2D eigenvalue weighted by Gasteiger charge is 2.36. The molecule has 0 aromatic heterocycles. The molecule has 0 fully saturated rings. The van der Waals surface area contributed by atoms with Gasteiger partial charge < -0.3 is 0 Å². The molecule has 0 atom stereocenters. The molecule has 4 aromatic carbocycles. The minimum Gasteiger partial charge on any atom is -0.0656 e. The fourth-order valence-corrected chi connectivity index (χ4v) is 4.35. The summed E-state index contributed by atoms with van der Waals surface area (Å²) in [6.07, 6.45) is 1.25. The van der Waals surface area contributed by atoms with Crippen molar-refractivity contribution >= 4 is 10.8 Å².